The summed E-state index contributed by atoms with van der Waals surface area (Å²) in [6.45, 7) is 6.02. The van der Waals surface area contributed by atoms with Gasteiger partial charge in [0.25, 0.3) is 0 Å². The topological polar surface area (TPSA) is 68.1 Å². The molecule has 0 bridgehead atoms. The number of pyridine rings is 1. The third-order valence-electron chi connectivity index (χ3n) is 3.52. The van der Waals surface area contributed by atoms with E-state index in [1.807, 2.05) is 20.8 Å². The summed E-state index contributed by atoms with van der Waals surface area (Å²) in [5, 5.41) is 0. The van der Waals surface area contributed by atoms with Gasteiger partial charge in [-0.15, -0.1) is 0 Å². The van der Waals surface area contributed by atoms with Gasteiger partial charge in [0.05, 0.1) is 7.11 Å². The lowest BCUT2D eigenvalue weighted by Crippen LogP contribution is -2.08. The van der Waals surface area contributed by atoms with E-state index in [2.05, 4.69) is 20.9 Å². The quantitative estimate of drug-likeness (QED) is 0.883. The minimum absolute atomic E-state index is 0.226. The predicted octanol–water partition coefficient (Wildman–Crippen LogP) is 3.32. The first-order valence-corrected chi connectivity index (χ1v) is 6.99. The van der Waals surface area contributed by atoms with Crippen molar-refractivity contribution in [2.75, 3.05) is 12.8 Å². The lowest BCUT2D eigenvalue weighted by molar-refractivity contribution is 0.412. The fraction of sp³-hybridized carbons (Fsp3) is 0.267. The van der Waals surface area contributed by atoms with Crippen LogP contribution in [-0.2, 0) is 0 Å². The standard InChI is InChI=1S/C15H17BrN2O2/c1-7-8(2)15(20-4)13(9(3)14(7)16)10-5-11(17)18-12(19)6-10/h5-6H,1-4H3,(H3,17,18,19). The molecule has 0 amide bonds. The second-order valence-corrected chi connectivity index (χ2v) is 5.58. The van der Waals surface area contributed by atoms with Crippen molar-refractivity contribution in [3.8, 4) is 16.9 Å². The van der Waals surface area contributed by atoms with E-state index < -0.39 is 0 Å². The smallest absolute Gasteiger partial charge is 0.250 e. The molecule has 1 aromatic heterocycles. The van der Waals surface area contributed by atoms with E-state index in [4.69, 9.17) is 10.5 Å². The Balaban J connectivity index is 2.89. The third-order valence-corrected chi connectivity index (χ3v) is 4.71. The molecule has 0 fully saturated rings. The van der Waals surface area contributed by atoms with Crippen LogP contribution in [0, 0.1) is 20.8 Å². The van der Waals surface area contributed by atoms with Gasteiger partial charge in [0.15, 0.2) is 0 Å². The SMILES string of the molecule is COc1c(C)c(C)c(Br)c(C)c1-c1cc(N)[nH]c(=O)c1. The van der Waals surface area contributed by atoms with Crippen LogP contribution in [0.3, 0.4) is 0 Å². The van der Waals surface area contributed by atoms with Gasteiger partial charge in [-0.25, -0.2) is 0 Å². The zero-order valence-corrected chi connectivity index (χ0v) is 13.5. The Hall–Kier alpha value is -1.75. The molecule has 0 saturated heterocycles. The summed E-state index contributed by atoms with van der Waals surface area (Å²) in [6.07, 6.45) is 0. The summed E-state index contributed by atoms with van der Waals surface area (Å²) < 4.78 is 6.57. The first-order valence-electron chi connectivity index (χ1n) is 6.20. The lowest BCUT2D eigenvalue weighted by atomic mass is 9.94. The molecule has 2 rings (SSSR count). The summed E-state index contributed by atoms with van der Waals surface area (Å²) >= 11 is 3.61. The Morgan fingerprint density at radius 2 is 1.80 bits per heavy atom. The van der Waals surface area contributed by atoms with Crippen molar-refractivity contribution < 1.29 is 4.74 Å². The maximum Gasteiger partial charge on any atom is 0.250 e. The molecule has 1 aromatic carbocycles. The molecule has 20 heavy (non-hydrogen) atoms. The van der Waals surface area contributed by atoms with E-state index >= 15 is 0 Å². The molecule has 3 N–H and O–H groups in total. The van der Waals surface area contributed by atoms with Crippen molar-refractivity contribution >= 4 is 21.7 Å². The van der Waals surface area contributed by atoms with E-state index in [1.54, 1.807) is 13.2 Å². The molecule has 2 aromatic rings. The van der Waals surface area contributed by atoms with Gasteiger partial charge in [0, 0.05) is 16.1 Å². The van der Waals surface area contributed by atoms with E-state index in [9.17, 15) is 4.79 Å². The van der Waals surface area contributed by atoms with Crippen LogP contribution in [-0.4, -0.2) is 12.1 Å². The van der Waals surface area contributed by atoms with Crippen LogP contribution < -0.4 is 16.0 Å². The van der Waals surface area contributed by atoms with Crippen LogP contribution in [0.25, 0.3) is 11.1 Å². The number of H-pyrrole nitrogens is 1. The largest absolute Gasteiger partial charge is 0.496 e. The number of aromatic nitrogens is 1. The molecular formula is C15H17BrN2O2. The number of hydrogen-bond acceptors (Lipinski definition) is 3. The number of aromatic amines is 1. The van der Waals surface area contributed by atoms with Crippen molar-refractivity contribution in [2.24, 2.45) is 0 Å². The number of benzene rings is 1. The molecule has 1 heterocycles. The molecule has 0 saturated carbocycles. The highest BCUT2D eigenvalue weighted by Gasteiger charge is 2.18. The number of anilines is 1. The Kier molecular flexibility index (Phi) is 3.90. The Bertz CT molecular complexity index is 736. The van der Waals surface area contributed by atoms with Gasteiger partial charge in [-0.05, 0) is 49.1 Å². The van der Waals surface area contributed by atoms with Crippen LogP contribution in [0.4, 0.5) is 5.82 Å². The Morgan fingerprint density at radius 3 is 2.35 bits per heavy atom. The molecule has 0 spiro atoms. The fourth-order valence-corrected chi connectivity index (χ4v) is 2.89. The highest BCUT2D eigenvalue weighted by molar-refractivity contribution is 9.10. The average molecular weight is 337 g/mol. The second kappa shape index (κ2) is 5.32. The first kappa shape index (κ1) is 14.7. The first-order chi connectivity index (χ1) is 9.36. The highest BCUT2D eigenvalue weighted by atomic mass is 79.9. The number of ether oxygens (including phenoxy) is 1. The van der Waals surface area contributed by atoms with Gasteiger partial charge in [-0.1, -0.05) is 15.9 Å². The van der Waals surface area contributed by atoms with Gasteiger partial charge >= 0.3 is 0 Å². The summed E-state index contributed by atoms with van der Waals surface area (Å²) in [4.78, 5) is 14.2. The molecule has 0 radical (unpaired) electrons. The van der Waals surface area contributed by atoms with Gasteiger partial charge in [0.1, 0.15) is 11.6 Å². The maximum absolute atomic E-state index is 11.6. The van der Waals surface area contributed by atoms with Gasteiger partial charge in [0.2, 0.25) is 5.56 Å². The van der Waals surface area contributed by atoms with Gasteiger partial charge in [-0.2, -0.15) is 0 Å². The number of nitrogens with one attached hydrogen (secondary N) is 1. The second-order valence-electron chi connectivity index (χ2n) is 4.79. The van der Waals surface area contributed by atoms with Crippen molar-refractivity contribution in [1.29, 1.82) is 0 Å². The monoisotopic (exact) mass is 336 g/mol. The number of halogens is 1. The average Bonchev–Trinajstić information content (AvgIpc) is 2.39. The molecule has 0 unspecified atom stereocenters. The van der Waals surface area contributed by atoms with Crippen LogP contribution in [0.5, 0.6) is 5.75 Å². The van der Waals surface area contributed by atoms with Crippen LogP contribution >= 0.6 is 15.9 Å². The number of methoxy groups -OCH3 is 1. The normalized spacial score (nSPS) is 10.7. The zero-order chi connectivity index (χ0) is 15.0. The fourth-order valence-electron chi connectivity index (χ4n) is 2.40. The number of hydrogen-bond donors (Lipinski definition) is 2. The van der Waals surface area contributed by atoms with E-state index in [1.165, 1.54) is 6.07 Å². The summed E-state index contributed by atoms with van der Waals surface area (Å²) in [6, 6.07) is 3.27. The van der Waals surface area contributed by atoms with E-state index in [-0.39, 0.29) is 5.56 Å². The highest BCUT2D eigenvalue weighted by Crippen LogP contribution is 2.41. The molecule has 0 atom stereocenters. The van der Waals surface area contributed by atoms with E-state index in [0.717, 1.165) is 38.0 Å². The maximum atomic E-state index is 11.6. The van der Waals surface area contributed by atoms with Crippen molar-refractivity contribution in [3.05, 3.63) is 43.6 Å². The summed E-state index contributed by atoms with van der Waals surface area (Å²) in [5.74, 6) is 1.11. The molecular weight excluding hydrogens is 320 g/mol. The third kappa shape index (κ3) is 2.33. The lowest BCUT2D eigenvalue weighted by Gasteiger charge is -2.19. The van der Waals surface area contributed by atoms with Crippen molar-refractivity contribution in [3.63, 3.8) is 0 Å². The number of nitrogen functional groups attached to an aromatic ring is 1. The molecule has 106 valence electrons. The molecule has 0 aliphatic heterocycles. The van der Waals surface area contributed by atoms with Crippen molar-refractivity contribution in [1.82, 2.24) is 4.98 Å². The summed E-state index contributed by atoms with van der Waals surface area (Å²) in [5.41, 5.74) is 10.3. The molecule has 0 aliphatic rings. The number of rotatable bonds is 2. The van der Waals surface area contributed by atoms with Crippen LogP contribution in [0.1, 0.15) is 16.7 Å². The predicted molar refractivity (Wildman–Crippen MR) is 85.4 cm³/mol. The molecule has 4 nitrogen and oxygen atoms in total. The molecule has 5 heteroatoms. The Labute approximate surface area is 126 Å². The minimum atomic E-state index is -0.226. The van der Waals surface area contributed by atoms with Gasteiger partial charge in [-0.3, -0.25) is 4.79 Å². The molecule has 0 aliphatic carbocycles. The van der Waals surface area contributed by atoms with Crippen molar-refractivity contribution in [2.45, 2.75) is 20.8 Å². The van der Waals surface area contributed by atoms with Gasteiger partial charge < -0.3 is 15.5 Å². The van der Waals surface area contributed by atoms with E-state index in [0.29, 0.717) is 5.82 Å². The van der Waals surface area contributed by atoms with Crippen LogP contribution in [0.2, 0.25) is 0 Å². The zero-order valence-electron chi connectivity index (χ0n) is 11.9. The summed E-state index contributed by atoms with van der Waals surface area (Å²) in [7, 11) is 1.63. The minimum Gasteiger partial charge on any atom is -0.496 e. The number of nitrogens with two attached hydrogens (primary N) is 1. The Morgan fingerprint density at radius 1 is 1.15 bits per heavy atom. The van der Waals surface area contributed by atoms with Crippen LogP contribution in [0.15, 0.2) is 21.4 Å².